The minimum atomic E-state index is -0.994. The number of halogens is 1. The quantitative estimate of drug-likeness (QED) is 0.560. The Morgan fingerprint density at radius 1 is 0.931 bits per heavy atom. The Kier molecular flexibility index (Phi) is 6.87. The second-order valence-corrected chi connectivity index (χ2v) is 6.66. The van der Waals surface area contributed by atoms with E-state index in [2.05, 4.69) is 5.32 Å². The van der Waals surface area contributed by atoms with Crippen molar-refractivity contribution < 1.29 is 19.1 Å². The van der Waals surface area contributed by atoms with Gasteiger partial charge in [0.25, 0.3) is 5.91 Å². The van der Waals surface area contributed by atoms with Gasteiger partial charge in [0.1, 0.15) is 5.75 Å². The van der Waals surface area contributed by atoms with E-state index < -0.39 is 18.0 Å². The maximum Gasteiger partial charge on any atom is 0.344 e. The predicted molar refractivity (Wildman–Crippen MR) is 113 cm³/mol. The van der Waals surface area contributed by atoms with Crippen LogP contribution in [-0.4, -0.2) is 24.6 Å². The van der Waals surface area contributed by atoms with Crippen LogP contribution in [0.5, 0.6) is 5.75 Å². The lowest BCUT2D eigenvalue weighted by molar-refractivity contribution is -0.155. The summed E-state index contributed by atoms with van der Waals surface area (Å²) < 4.78 is 10.8. The molecule has 5 nitrogen and oxygen atoms in total. The number of hydrogen-bond acceptors (Lipinski definition) is 4. The number of hydrogen-bond donors (Lipinski definition) is 1. The molecular formula is C23H20ClNO4. The van der Waals surface area contributed by atoms with E-state index in [1.54, 1.807) is 30.3 Å². The maximum atomic E-state index is 12.2. The smallest absolute Gasteiger partial charge is 0.344 e. The Labute approximate surface area is 174 Å². The van der Waals surface area contributed by atoms with Crippen LogP contribution in [0.1, 0.15) is 6.92 Å². The van der Waals surface area contributed by atoms with Gasteiger partial charge in [-0.25, -0.2) is 4.79 Å². The number of nitrogens with one attached hydrogen (secondary N) is 1. The number of ether oxygens (including phenoxy) is 2. The summed E-state index contributed by atoms with van der Waals surface area (Å²) in [7, 11) is 0. The van der Waals surface area contributed by atoms with Crippen LogP contribution in [-0.2, 0) is 14.3 Å². The van der Waals surface area contributed by atoms with Gasteiger partial charge in [0, 0.05) is 5.56 Å². The van der Waals surface area contributed by atoms with E-state index in [9.17, 15) is 9.59 Å². The van der Waals surface area contributed by atoms with Crippen LogP contribution in [0.25, 0.3) is 11.1 Å². The van der Waals surface area contributed by atoms with Gasteiger partial charge in [-0.3, -0.25) is 4.79 Å². The lowest BCUT2D eigenvalue weighted by atomic mass is 10.1. The van der Waals surface area contributed by atoms with Gasteiger partial charge in [-0.05, 0) is 30.7 Å². The van der Waals surface area contributed by atoms with E-state index in [-0.39, 0.29) is 6.61 Å². The van der Waals surface area contributed by atoms with Crippen molar-refractivity contribution in [2.45, 2.75) is 13.0 Å². The lowest BCUT2D eigenvalue weighted by Crippen LogP contribution is -2.31. The second kappa shape index (κ2) is 9.75. The Hall–Kier alpha value is -3.31. The molecule has 3 aromatic carbocycles. The number of rotatable bonds is 7. The molecule has 148 valence electrons. The van der Waals surface area contributed by atoms with Crippen LogP contribution < -0.4 is 10.1 Å². The summed E-state index contributed by atoms with van der Waals surface area (Å²) in [5.41, 5.74) is 2.30. The molecule has 0 aliphatic rings. The number of anilines is 1. The van der Waals surface area contributed by atoms with E-state index in [1.807, 2.05) is 48.5 Å². The first kappa shape index (κ1) is 20.4. The first-order valence-electron chi connectivity index (χ1n) is 9.06. The molecule has 1 amide bonds. The number of para-hydroxylation sites is 2. The number of amides is 1. The van der Waals surface area contributed by atoms with E-state index in [4.69, 9.17) is 21.1 Å². The summed E-state index contributed by atoms with van der Waals surface area (Å²) in [5.74, 6) is -0.561. The molecular weight excluding hydrogens is 390 g/mol. The molecule has 0 saturated carbocycles. The lowest BCUT2D eigenvalue weighted by Gasteiger charge is -2.15. The summed E-state index contributed by atoms with van der Waals surface area (Å²) >= 11 is 6.02. The minimum Gasteiger partial charge on any atom is -0.481 e. The predicted octanol–water partition coefficient (Wildman–Crippen LogP) is 4.96. The van der Waals surface area contributed by atoms with Gasteiger partial charge in [0.15, 0.2) is 12.7 Å². The highest BCUT2D eigenvalue weighted by molar-refractivity contribution is 6.33. The van der Waals surface area contributed by atoms with Crippen LogP contribution in [0.3, 0.4) is 0 Å². The molecule has 0 spiro atoms. The minimum absolute atomic E-state index is 0.312. The number of esters is 1. The van der Waals surface area contributed by atoms with E-state index in [1.165, 1.54) is 6.92 Å². The van der Waals surface area contributed by atoms with Crippen LogP contribution in [0.2, 0.25) is 5.02 Å². The van der Waals surface area contributed by atoms with Crippen molar-refractivity contribution in [3.63, 3.8) is 0 Å². The van der Waals surface area contributed by atoms with Gasteiger partial charge >= 0.3 is 5.97 Å². The molecule has 0 aliphatic heterocycles. The van der Waals surface area contributed by atoms with Crippen molar-refractivity contribution in [1.82, 2.24) is 0 Å². The molecule has 3 rings (SSSR count). The molecule has 0 fully saturated rings. The molecule has 1 unspecified atom stereocenters. The number of benzene rings is 3. The number of carbonyl (C=O) groups excluding carboxylic acids is 2. The van der Waals surface area contributed by atoms with Crippen molar-refractivity contribution in [2.75, 3.05) is 11.9 Å². The summed E-state index contributed by atoms with van der Waals surface area (Å²) in [6, 6.07) is 24.0. The fourth-order valence-corrected chi connectivity index (χ4v) is 2.85. The molecule has 29 heavy (non-hydrogen) atoms. The third-order valence-electron chi connectivity index (χ3n) is 4.13. The van der Waals surface area contributed by atoms with E-state index in [0.29, 0.717) is 16.5 Å². The Bertz CT molecular complexity index is 991. The zero-order chi connectivity index (χ0) is 20.6. The topological polar surface area (TPSA) is 64.6 Å². The maximum absolute atomic E-state index is 12.2. The van der Waals surface area contributed by atoms with Gasteiger partial charge in [0.2, 0.25) is 0 Å². The summed E-state index contributed by atoms with van der Waals surface area (Å²) in [6.45, 7) is 1.18. The zero-order valence-electron chi connectivity index (χ0n) is 15.8. The molecule has 0 bridgehead atoms. The molecule has 3 aromatic rings. The molecule has 0 aromatic heterocycles. The first-order chi connectivity index (χ1) is 14.0. The van der Waals surface area contributed by atoms with Crippen LogP contribution in [0.15, 0.2) is 78.9 Å². The fraction of sp³-hybridized carbons (Fsp3) is 0.130. The highest BCUT2D eigenvalue weighted by Gasteiger charge is 2.19. The van der Waals surface area contributed by atoms with Crippen molar-refractivity contribution >= 4 is 29.2 Å². The highest BCUT2D eigenvalue weighted by atomic mass is 35.5. The normalized spacial score (nSPS) is 11.4. The average molecular weight is 410 g/mol. The monoisotopic (exact) mass is 409 g/mol. The summed E-state index contributed by atoms with van der Waals surface area (Å²) in [6.07, 6.45) is -0.994. The van der Waals surface area contributed by atoms with Crippen molar-refractivity contribution in [1.29, 1.82) is 0 Å². The van der Waals surface area contributed by atoms with Gasteiger partial charge in [-0.15, -0.1) is 0 Å². The molecule has 0 heterocycles. The van der Waals surface area contributed by atoms with Crippen LogP contribution in [0.4, 0.5) is 5.69 Å². The molecule has 1 N–H and O–H groups in total. The van der Waals surface area contributed by atoms with E-state index in [0.717, 1.165) is 11.1 Å². The third kappa shape index (κ3) is 5.59. The fourth-order valence-electron chi connectivity index (χ4n) is 2.67. The number of carbonyl (C=O) groups is 2. The second-order valence-electron chi connectivity index (χ2n) is 6.25. The van der Waals surface area contributed by atoms with Gasteiger partial charge in [0.05, 0.1) is 10.7 Å². The molecule has 1 atom stereocenters. The molecule has 6 heteroatoms. The van der Waals surface area contributed by atoms with Gasteiger partial charge in [-0.2, -0.15) is 0 Å². The summed E-state index contributed by atoms with van der Waals surface area (Å²) in [5, 5.41) is 3.03. The molecule has 0 saturated heterocycles. The highest BCUT2D eigenvalue weighted by Crippen LogP contribution is 2.29. The Balaban J connectivity index is 1.56. The average Bonchev–Trinajstić information content (AvgIpc) is 2.74. The SMILES string of the molecule is CC(OC(=O)COc1ccccc1-c1ccccc1)C(=O)Nc1ccccc1Cl. The first-order valence-corrected chi connectivity index (χ1v) is 9.44. The largest absolute Gasteiger partial charge is 0.481 e. The van der Waals surface area contributed by atoms with Crippen molar-refractivity contribution in [3.8, 4) is 16.9 Å². The third-order valence-corrected chi connectivity index (χ3v) is 4.46. The van der Waals surface area contributed by atoms with Gasteiger partial charge in [-0.1, -0.05) is 72.3 Å². The van der Waals surface area contributed by atoms with E-state index >= 15 is 0 Å². The van der Waals surface area contributed by atoms with Crippen molar-refractivity contribution in [3.05, 3.63) is 83.9 Å². The van der Waals surface area contributed by atoms with Crippen LogP contribution in [0, 0.1) is 0 Å². The zero-order valence-corrected chi connectivity index (χ0v) is 16.6. The van der Waals surface area contributed by atoms with Crippen LogP contribution >= 0.6 is 11.6 Å². The molecule has 0 radical (unpaired) electrons. The molecule has 0 aliphatic carbocycles. The Morgan fingerprint density at radius 2 is 1.59 bits per heavy atom. The van der Waals surface area contributed by atoms with Gasteiger partial charge < -0.3 is 14.8 Å². The standard InChI is InChI=1S/C23H20ClNO4/c1-16(23(27)25-20-13-7-6-12-19(20)24)29-22(26)15-28-21-14-8-5-11-18(21)17-9-3-2-4-10-17/h2-14,16H,15H2,1H3,(H,25,27). The Morgan fingerprint density at radius 3 is 2.34 bits per heavy atom. The van der Waals surface area contributed by atoms with Crippen molar-refractivity contribution in [2.24, 2.45) is 0 Å². The summed E-state index contributed by atoms with van der Waals surface area (Å²) in [4.78, 5) is 24.4.